The molecule has 4 atom stereocenters. The van der Waals surface area contributed by atoms with E-state index in [0.717, 1.165) is 5.56 Å². The SMILES string of the molecule is CC1(c2ccccc2)OCC(CN2CC(O)C(O)C2)O1. The van der Waals surface area contributed by atoms with Crippen molar-refractivity contribution >= 4 is 0 Å². The summed E-state index contributed by atoms with van der Waals surface area (Å²) in [5.41, 5.74) is 1.00. The van der Waals surface area contributed by atoms with Crippen LogP contribution in [0.5, 0.6) is 0 Å². The molecule has 0 spiro atoms. The Morgan fingerprint density at radius 3 is 2.50 bits per heavy atom. The van der Waals surface area contributed by atoms with E-state index in [1.165, 1.54) is 0 Å². The van der Waals surface area contributed by atoms with E-state index in [1.54, 1.807) is 0 Å². The molecule has 0 amide bonds. The maximum Gasteiger partial charge on any atom is 0.192 e. The summed E-state index contributed by atoms with van der Waals surface area (Å²) in [7, 11) is 0. The molecule has 0 aromatic heterocycles. The van der Waals surface area contributed by atoms with Gasteiger partial charge in [-0.05, 0) is 6.92 Å². The Kier molecular flexibility index (Phi) is 3.79. The zero-order valence-electron chi connectivity index (χ0n) is 11.6. The molecule has 20 heavy (non-hydrogen) atoms. The van der Waals surface area contributed by atoms with E-state index in [1.807, 2.05) is 42.2 Å². The first-order valence-corrected chi connectivity index (χ1v) is 7.02. The van der Waals surface area contributed by atoms with Gasteiger partial charge in [-0.15, -0.1) is 0 Å². The maximum absolute atomic E-state index is 9.56. The highest BCUT2D eigenvalue weighted by Crippen LogP contribution is 2.34. The molecule has 0 bridgehead atoms. The minimum atomic E-state index is -0.705. The molecule has 1 aromatic rings. The summed E-state index contributed by atoms with van der Waals surface area (Å²) in [6, 6.07) is 9.88. The normalized spacial score (nSPS) is 38.5. The van der Waals surface area contributed by atoms with Crippen LogP contribution in [0.4, 0.5) is 0 Å². The fourth-order valence-electron chi connectivity index (χ4n) is 2.90. The van der Waals surface area contributed by atoms with Gasteiger partial charge in [0.05, 0.1) is 24.9 Å². The van der Waals surface area contributed by atoms with Crippen molar-refractivity contribution < 1.29 is 19.7 Å². The van der Waals surface area contributed by atoms with Gasteiger partial charge in [0.15, 0.2) is 5.79 Å². The smallest absolute Gasteiger partial charge is 0.192 e. The number of likely N-dealkylation sites (tertiary alicyclic amines) is 1. The van der Waals surface area contributed by atoms with E-state index in [2.05, 4.69) is 0 Å². The van der Waals surface area contributed by atoms with Crippen LogP contribution in [-0.2, 0) is 15.3 Å². The van der Waals surface area contributed by atoms with Crippen LogP contribution in [0.25, 0.3) is 0 Å². The molecule has 0 saturated carbocycles. The van der Waals surface area contributed by atoms with Gasteiger partial charge >= 0.3 is 0 Å². The van der Waals surface area contributed by atoms with Crippen LogP contribution in [-0.4, -0.2) is 59.7 Å². The van der Waals surface area contributed by atoms with Gasteiger partial charge in [0.25, 0.3) is 0 Å². The Hall–Kier alpha value is -0.980. The second kappa shape index (κ2) is 5.42. The van der Waals surface area contributed by atoms with E-state index < -0.39 is 18.0 Å². The zero-order valence-corrected chi connectivity index (χ0v) is 11.6. The molecule has 110 valence electrons. The van der Waals surface area contributed by atoms with Gasteiger partial charge in [-0.3, -0.25) is 4.90 Å². The summed E-state index contributed by atoms with van der Waals surface area (Å²) in [6.45, 7) is 4.09. The number of nitrogens with zero attached hydrogens (tertiary/aromatic N) is 1. The van der Waals surface area contributed by atoms with Gasteiger partial charge in [-0.2, -0.15) is 0 Å². The molecule has 3 rings (SSSR count). The Morgan fingerprint density at radius 2 is 1.85 bits per heavy atom. The lowest BCUT2D eigenvalue weighted by Crippen LogP contribution is -2.34. The van der Waals surface area contributed by atoms with Crippen LogP contribution in [0.1, 0.15) is 12.5 Å². The molecule has 5 heteroatoms. The number of hydrogen-bond donors (Lipinski definition) is 2. The largest absolute Gasteiger partial charge is 0.389 e. The lowest BCUT2D eigenvalue weighted by atomic mass is 10.1. The van der Waals surface area contributed by atoms with Crippen molar-refractivity contribution in [2.24, 2.45) is 0 Å². The van der Waals surface area contributed by atoms with Gasteiger partial charge in [0, 0.05) is 25.2 Å². The lowest BCUT2D eigenvalue weighted by Gasteiger charge is -2.25. The summed E-state index contributed by atoms with van der Waals surface area (Å²) >= 11 is 0. The van der Waals surface area contributed by atoms with Crippen LogP contribution in [0.3, 0.4) is 0 Å². The monoisotopic (exact) mass is 279 g/mol. The summed E-state index contributed by atoms with van der Waals surface area (Å²) < 4.78 is 11.9. The average Bonchev–Trinajstić information content (AvgIpc) is 2.96. The molecule has 0 aliphatic carbocycles. The van der Waals surface area contributed by atoms with Crippen molar-refractivity contribution in [1.29, 1.82) is 0 Å². The first-order chi connectivity index (χ1) is 9.57. The highest BCUT2D eigenvalue weighted by atomic mass is 16.7. The third-order valence-corrected chi connectivity index (χ3v) is 4.03. The molecule has 2 aliphatic heterocycles. The van der Waals surface area contributed by atoms with Gasteiger partial charge < -0.3 is 19.7 Å². The molecular weight excluding hydrogens is 258 g/mol. The van der Waals surface area contributed by atoms with Crippen molar-refractivity contribution in [3.05, 3.63) is 35.9 Å². The van der Waals surface area contributed by atoms with Crippen molar-refractivity contribution in [1.82, 2.24) is 4.90 Å². The van der Waals surface area contributed by atoms with Crippen LogP contribution in [0.2, 0.25) is 0 Å². The highest BCUT2D eigenvalue weighted by Gasteiger charge is 2.40. The Bertz CT molecular complexity index is 444. The first kappa shape index (κ1) is 14.0. The Labute approximate surface area is 118 Å². The van der Waals surface area contributed by atoms with Crippen molar-refractivity contribution in [2.45, 2.75) is 31.0 Å². The quantitative estimate of drug-likeness (QED) is 0.834. The van der Waals surface area contributed by atoms with E-state index in [0.29, 0.717) is 26.2 Å². The van der Waals surface area contributed by atoms with E-state index in [9.17, 15) is 10.2 Å². The number of ether oxygens (including phenoxy) is 2. The summed E-state index contributed by atoms with van der Waals surface area (Å²) in [5, 5.41) is 19.1. The Balaban J connectivity index is 1.60. The third kappa shape index (κ3) is 2.73. The van der Waals surface area contributed by atoms with Crippen molar-refractivity contribution in [3.8, 4) is 0 Å². The lowest BCUT2D eigenvalue weighted by molar-refractivity contribution is -0.163. The topological polar surface area (TPSA) is 62.2 Å². The molecule has 2 aliphatic rings. The number of aliphatic hydroxyl groups is 2. The number of aliphatic hydroxyl groups excluding tert-OH is 2. The Morgan fingerprint density at radius 1 is 1.20 bits per heavy atom. The van der Waals surface area contributed by atoms with Crippen molar-refractivity contribution in [2.75, 3.05) is 26.2 Å². The second-order valence-corrected chi connectivity index (χ2v) is 5.72. The molecule has 2 fully saturated rings. The predicted octanol–water partition coefficient (Wildman–Crippen LogP) is 0.312. The molecule has 5 nitrogen and oxygen atoms in total. The van der Waals surface area contributed by atoms with Gasteiger partial charge in [0.1, 0.15) is 0 Å². The van der Waals surface area contributed by atoms with E-state index >= 15 is 0 Å². The molecule has 2 heterocycles. The molecule has 2 saturated heterocycles. The first-order valence-electron chi connectivity index (χ1n) is 7.02. The standard InChI is InChI=1S/C15H21NO4/c1-15(11-5-3-2-4-6-11)19-10-12(20-15)7-16-8-13(17)14(18)9-16/h2-6,12-14,17-18H,7-10H2,1H3. The van der Waals surface area contributed by atoms with Crippen LogP contribution >= 0.6 is 0 Å². The number of hydrogen-bond acceptors (Lipinski definition) is 5. The molecular formula is C15H21NO4. The minimum Gasteiger partial charge on any atom is -0.389 e. The van der Waals surface area contributed by atoms with Crippen LogP contribution < -0.4 is 0 Å². The molecule has 1 aromatic carbocycles. The zero-order chi connectivity index (χ0) is 14.2. The third-order valence-electron chi connectivity index (χ3n) is 4.03. The van der Waals surface area contributed by atoms with Gasteiger partial charge in [-0.1, -0.05) is 30.3 Å². The summed E-state index contributed by atoms with van der Waals surface area (Å²) in [4.78, 5) is 2.01. The van der Waals surface area contributed by atoms with Crippen LogP contribution in [0, 0.1) is 0 Å². The number of rotatable bonds is 3. The number of benzene rings is 1. The maximum atomic E-state index is 9.56. The van der Waals surface area contributed by atoms with Crippen LogP contribution in [0.15, 0.2) is 30.3 Å². The van der Waals surface area contributed by atoms with Crippen molar-refractivity contribution in [3.63, 3.8) is 0 Å². The fourth-order valence-corrected chi connectivity index (χ4v) is 2.90. The van der Waals surface area contributed by atoms with E-state index in [-0.39, 0.29) is 6.10 Å². The van der Waals surface area contributed by atoms with Gasteiger partial charge in [0.2, 0.25) is 0 Å². The predicted molar refractivity (Wildman–Crippen MR) is 73.1 cm³/mol. The van der Waals surface area contributed by atoms with Gasteiger partial charge in [-0.25, -0.2) is 0 Å². The minimum absolute atomic E-state index is 0.0438. The second-order valence-electron chi connectivity index (χ2n) is 5.72. The number of β-amino-alcohol motifs (C(OH)–C–C–N with tert-alkyl or cyclic N) is 2. The molecule has 0 radical (unpaired) electrons. The average molecular weight is 279 g/mol. The molecule has 2 N–H and O–H groups in total. The molecule has 4 unspecified atom stereocenters. The highest BCUT2D eigenvalue weighted by molar-refractivity contribution is 5.20. The summed E-state index contributed by atoms with van der Waals surface area (Å²) in [5.74, 6) is -0.705. The van der Waals surface area contributed by atoms with E-state index in [4.69, 9.17) is 9.47 Å². The fraction of sp³-hybridized carbons (Fsp3) is 0.600. The summed E-state index contributed by atoms with van der Waals surface area (Å²) in [6.07, 6.45) is -1.35.